The van der Waals surface area contributed by atoms with Crippen LogP contribution in [0.2, 0.25) is 5.02 Å². The van der Waals surface area contributed by atoms with Crippen LogP contribution in [0.15, 0.2) is 28.7 Å². The van der Waals surface area contributed by atoms with E-state index in [-0.39, 0.29) is 11.5 Å². The molecule has 0 fully saturated rings. The largest absolute Gasteiger partial charge is 0.324 e. The summed E-state index contributed by atoms with van der Waals surface area (Å²) in [6.45, 7) is 6.72. The highest BCUT2D eigenvalue weighted by molar-refractivity contribution is 9.10. The summed E-state index contributed by atoms with van der Waals surface area (Å²) < 4.78 is 3.32. The quantitative estimate of drug-likeness (QED) is 0.740. The van der Waals surface area contributed by atoms with E-state index in [1.807, 2.05) is 12.1 Å². The van der Waals surface area contributed by atoms with E-state index in [0.29, 0.717) is 0 Å². The zero-order valence-corrected chi connectivity index (χ0v) is 14.9. The van der Waals surface area contributed by atoms with Gasteiger partial charge in [0.15, 0.2) is 0 Å². The topological polar surface area (TPSA) is 30.9 Å². The molecular formula is C17H20BrClN2. The Hall–Kier alpha value is -0.770. The minimum Gasteiger partial charge on any atom is -0.324 e. The summed E-state index contributed by atoms with van der Waals surface area (Å²) in [5, 5.41) is 0.737. The molecule has 112 valence electrons. The van der Waals surface area contributed by atoms with Crippen LogP contribution >= 0.6 is 27.5 Å². The van der Waals surface area contributed by atoms with Gasteiger partial charge < -0.3 is 10.3 Å². The van der Waals surface area contributed by atoms with Gasteiger partial charge in [0.25, 0.3) is 0 Å². The minimum absolute atomic E-state index is 0.120. The number of hydrogen-bond acceptors (Lipinski definition) is 1. The molecule has 1 aliphatic carbocycles. The highest BCUT2D eigenvalue weighted by Crippen LogP contribution is 2.42. The summed E-state index contributed by atoms with van der Waals surface area (Å²) in [6, 6.07) is 8.29. The zero-order valence-electron chi connectivity index (χ0n) is 12.6. The molecule has 3 rings (SSSR count). The third-order valence-electron chi connectivity index (χ3n) is 4.29. The highest BCUT2D eigenvalue weighted by atomic mass is 79.9. The Bertz CT molecular complexity index is 703. The molecule has 1 atom stereocenters. The summed E-state index contributed by atoms with van der Waals surface area (Å²) in [7, 11) is 0. The van der Waals surface area contributed by atoms with Crippen LogP contribution in [0.3, 0.4) is 0 Å². The first kappa shape index (κ1) is 15.1. The SMILES string of the molecule is Cc1cc2c(n1-c1ccc(Cl)cc1Br)CC(C)(C)CC2N. The molecule has 1 unspecified atom stereocenters. The van der Waals surface area contributed by atoms with E-state index >= 15 is 0 Å². The molecule has 0 saturated heterocycles. The van der Waals surface area contributed by atoms with Crippen LogP contribution < -0.4 is 5.73 Å². The number of halogens is 2. The average molecular weight is 368 g/mol. The van der Waals surface area contributed by atoms with Gasteiger partial charge in [0.05, 0.1) is 5.69 Å². The maximum atomic E-state index is 6.40. The van der Waals surface area contributed by atoms with Gasteiger partial charge >= 0.3 is 0 Å². The lowest BCUT2D eigenvalue weighted by molar-refractivity contribution is 0.278. The Labute approximate surface area is 139 Å². The molecule has 1 heterocycles. The van der Waals surface area contributed by atoms with Gasteiger partial charge in [0.2, 0.25) is 0 Å². The molecule has 2 nitrogen and oxygen atoms in total. The summed E-state index contributed by atoms with van der Waals surface area (Å²) in [5.74, 6) is 0. The molecule has 0 aliphatic heterocycles. The molecule has 0 spiro atoms. The summed E-state index contributed by atoms with van der Waals surface area (Å²) in [6.07, 6.45) is 2.07. The molecule has 2 N–H and O–H groups in total. The van der Waals surface area contributed by atoms with Gasteiger partial charge in [-0.25, -0.2) is 0 Å². The molecule has 1 aromatic carbocycles. The first-order chi connectivity index (χ1) is 9.78. The first-order valence-electron chi connectivity index (χ1n) is 7.21. The van der Waals surface area contributed by atoms with E-state index < -0.39 is 0 Å². The van der Waals surface area contributed by atoms with Crippen LogP contribution in [0, 0.1) is 12.3 Å². The molecule has 0 amide bonds. The Kier molecular flexibility index (Phi) is 3.71. The third kappa shape index (κ3) is 2.67. The van der Waals surface area contributed by atoms with E-state index in [0.717, 1.165) is 28.0 Å². The van der Waals surface area contributed by atoms with Crippen molar-refractivity contribution in [2.75, 3.05) is 0 Å². The van der Waals surface area contributed by atoms with Crippen LogP contribution in [0.5, 0.6) is 0 Å². The lowest BCUT2D eigenvalue weighted by Crippen LogP contribution is -2.30. The number of rotatable bonds is 1. The number of aromatic nitrogens is 1. The van der Waals surface area contributed by atoms with Gasteiger partial charge in [-0.05, 0) is 70.9 Å². The average Bonchev–Trinajstić information content (AvgIpc) is 2.65. The maximum Gasteiger partial charge on any atom is 0.0598 e. The van der Waals surface area contributed by atoms with Gasteiger partial charge in [0.1, 0.15) is 0 Å². The van der Waals surface area contributed by atoms with Crippen molar-refractivity contribution >= 4 is 27.5 Å². The Morgan fingerprint density at radius 3 is 2.71 bits per heavy atom. The van der Waals surface area contributed by atoms with Crippen LogP contribution in [-0.2, 0) is 6.42 Å². The molecule has 1 aliphatic rings. The van der Waals surface area contributed by atoms with Crippen molar-refractivity contribution in [3.8, 4) is 5.69 Å². The van der Waals surface area contributed by atoms with Crippen LogP contribution in [-0.4, -0.2) is 4.57 Å². The number of aryl methyl sites for hydroxylation is 1. The predicted molar refractivity (Wildman–Crippen MR) is 92.2 cm³/mol. The van der Waals surface area contributed by atoms with Gasteiger partial charge in [-0.15, -0.1) is 0 Å². The molecule has 0 bridgehead atoms. The fourth-order valence-electron chi connectivity index (χ4n) is 3.45. The number of nitrogens with two attached hydrogens (primary N) is 1. The van der Waals surface area contributed by atoms with Crippen molar-refractivity contribution in [2.24, 2.45) is 11.1 Å². The minimum atomic E-state index is 0.120. The lowest BCUT2D eigenvalue weighted by Gasteiger charge is -2.34. The summed E-state index contributed by atoms with van der Waals surface area (Å²) in [4.78, 5) is 0. The smallest absolute Gasteiger partial charge is 0.0598 e. The monoisotopic (exact) mass is 366 g/mol. The van der Waals surface area contributed by atoms with E-state index in [1.54, 1.807) is 0 Å². The maximum absolute atomic E-state index is 6.40. The van der Waals surface area contributed by atoms with Crippen LogP contribution in [0.1, 0.15) is 43.3 Å². The number of benzene rings is 1. The molecule has 4 heteroatoms. The summed E-state index contributed by atoms with van der Waals surface area (Å²) >= 11 is 9.71. The van der Waals surface area contributed by atoms with Crippen molar-refractivity contribution in [1.29, 1.82) is 0 Å². The zero-order chi connectivity index (χ0) is 15.4. The Morgan fingerprint density at radius 1 is 1.33 bits per heavy atom. The second-order valence-corrected chi connectivity index (χ2v) is 8.06. The second kappa shape index (κ2) is 5.15. The van der Waals surface area contributed by atoms with E-state index in [1.165, 1.54) is 17.0 Å². The van der Waals surface area contributed by atoms with Gasteiger partial charge in [-0.3, -0.25) is 0 Å². The third-order valence-corrected chi connectivity index (χ3v) is 5.16. The molecule has 21 heavy (non-hydrogen) atoms. The second-order valence-electron chi connectivity index (χ2n) is 6.77. The fourth-order valence-corrected chi connectivity index (χ4v) is 4.31. The first-order valence-corrected chi connectivity index (χ1v) is 8.38. The van der Waals surface area contributed by atoms with E-state index in [2.05, 4.69) is 53.4 Å². The molecular weight excluding hydrogens is 348 g/mol. The normalized spacial score (nSPS) is 20.4. The van der Waals surface area contributed by atoms with Crippen molar-refractivity contribution in [2.45, 2.75) is 39.7 Å². The van der Waals surface area contributed by atoms with Crippen molar-refractivity contribution < 1.29 is 0 Å². The number of fused-ring (bicyclic) bond motifs is 1. The van der Waals surface area contributed by atoms with Crippen LogP contribution in [0.4, 0.5) is 0 Å². The highest BCUT2D eigenvalue weighted by Gasteiger charge is 2.33. The van der Waals surface area contributed by atoms with Crippen molar-refractivity contribution in [1.82, 2.24) is 4.57 Å². The van der Waals surface area contributed by atoms with Gasteiger partial charge in [-0.2, -0.15) is 0 Å². The standard InChI is InChI=1S/C17H20BrClN2/c1-10-6-12-14(20)8-17(2,3)9-16(12)21(10)15-5-4-11(19)7-13(15)18/h4-7,14H,8-9,20H2,1-3H3. The van der Waals surface area contributed by atoms with Crippen molar-refractivity contribution in [3.63, 3.8) is 0 Å². The van der Waals surface area contributed by atoms with Gasteiger partial charge in [-0.1, -0.05) is 25.4 Å². The molecule has 1 aromatic heterocycles. The predicted octanol–water partition coefficient (Wildman–Crippen LogP) is 5.17. The van der Waals surface area contributed by atoms with Crippen molar-refractivity contribution in [3.05, 3.63) is 50.7 Å². The molecule has 0 radical (unpaired) electrons. The fraction of sp³-hybridized carbons (Fsp3) is 0.412. The van der Waals surface area contributed by atoms with E-state index in [4.69, 9.17) is 17.3 Å². The number of hydrogen-bond donors (Lipinski definition) is 1. The molecule has 2 aromatic rings. The van der Waals surface area contributed by atoms with Crippen LogP contribution in [0.25, 0.3) is 5.69 Å². The Balaban J connectivity index is 2.21. The lowest BCUT2D eigenvalue weighted by atomic mass is 9.74. The van der Waals surface area contributed by atoms with E-state index in [9.17, 15) is 0 Å². The Morgan fingerprint density at radius 2 is 2.05 bits per heavy atom. The summed E-state index contributed by atoms with van der Waals surface area (Å²) in [5.41, 5.74) is 11.6. The number of nitrogens with zero attached hydrogens (tertiary/aromatic N) is 1. The van der Waals surface area contributed by atoms with Gasteiger partial charge in [0, 0.05) is 26.9 Å². The molecule has 0 saturated carbocycles.